The Kier molecular flexibility index (Phi) is 4.92. The van der Waals surface area contributed by atoms with E-state index in [1.165, 1.54) is 42.7 Å². The minimum atomic E-state index is 0.457. The van der Waals surface area contributed by atoms with E-state index in [1.54, 1.807) is 0 Å². The summed E-state index contributed by atoms with van der Waals surface area (Å²) < 4.78 is 0. The third-order valence-corrected chi connectivity index (χ3v) is 6.27. The van der Waals surface area contributed by atoms with Gasteiger partial charge in [0.25, 0.3) is 0 Å². The Labute approximate surface area is 133 Å². The molecule has 0 spiro atoms. The van der Waals surface area contributed by atoms with Crippen molar-refractivity contribution in [3.63, 3.8) is 0 Å². The third kappa shape index (κ3) is 3.46. The highest BCUT2D eigenvalue weighted by atomic mass is 32.2. The molecular weight excluding hydrogens is 276 g/mol. The van der Waals surface area contributed by atoms with Gasteiger partial charge in [0.2, 0.25) is 0 Å². The number of thioether (sulfide) groups is 1. The number of piperidine rings is 1. The van der Waals surface area contributed by atoms with Crippen molar-refractivity contribution in [2.45, 2.75) is 55.6 Å². The summed E-state index contributed by atoms with van der Waals surface area (Å²) in [7, 11) is 2.32. The maximum Gasteiger partial charge on any atom is 0.0291 e. The molecule has 2 nitrogen and oxygen atoms in total. The maximum atomic E-state index is 3.76. The smallest absolute Gasteiger partial charge is 0.0291 e. The second-order valence-electron chi connectivity index (χ2n) is 6.79. The Morgan fingerprint density at radius 2 is 1.81 bits per heavy atom. The maximum absolute atomic E-state index is 3.76. The molecule has 2 aliphatic heterocycles. The Bertz CT molecular complexity index is 445. The predicted molar refractivity (Wildman–Crippen MR) is 91.9 cm³/mol. The second kappa shape index (κ2) is 6.72. The van der Waals surface area contributed by atoms with Crippen LogP contribution in [0, 0.1) is 5.92 Å². The summed E-state index contributed by atoms with van der Waals surface area (Å²) in [6, 6.07) is 11.2. The van der Waals surface area contributed by atoms with Crippen LogP contribution in [0.5, 0.6) is 0 Å². The van der Waals surface area contributed by atoms with Gasteiger partial charge >= 0.3 is 0 Å². The van der Waals surface area contributed by atoms with Crippen molar-refractivity contribution in [2.24, 2.45) is 5.92 Å². The predicted octanol–water partition coefficient (Wildman–Crippen LogP) is 3.93. The van der Waals surface area contributed by atoms with Gasteiger partial charge in [-0.05, 0) is 76.1 Å². The molecule has 2 fully saturated rings. The van der Waals surface area contributed by atoms with Crippen molar-refractivity contribution in [2.75, 3.05) is 19.8 Å². The molecular formula is C18H28N2S. The van der Waals surface area contributed by atoms with Crippen molar-refractivity contribution in [3.8, 4) is 0 Å². The first-order valence-corrected chi connectivity index (χ1v) is 9.49. The molecule has 2 saturated heterocycles. The standard InChI is InChI=1S/C18H28N2S/c1-13(15-4-8-18(21-3)9-5-15)19-12-14-10-16-6-7-17(11-14)20(16)2/h4-5,8-9,13-14,16-17,19H,6-7,10-12H2,1-3H3. The highest BCUT2D eigenvalue weighted by molar-refractivity contribution is 7.98. The summed E-state index contributed by atoms with van der Waals surface area (Å²) in [4.78, 5) is 3.97. The first-order chi connectivity index (χ1) is 10.2. The van der Waals surface area contributed by atoms with Crippen molar-refractivity contribution in [1.29, 1.82) is 0 Å². The number of hydrogen-bond donors (Lipinski definition) is 1. The molecule has 3 atom stereocenters. The number of benzene rings is 1. The number of hydrogen-bond acceptors (Lipinski definition) is 3. The van der Waals surface area contributed by atoms with E-state index in [2.05, 4.69) is 54.7 Å². The molecule has 0 aromatic heterocycles. The summed E-state index contributed by atoms with van der Waals surface area (Å²) in [6.07, 6.45) is 7.74. The lowest BCUT2D eigenvalue weighted by Gasteiger charge is -2.36. The first kappa shape index (κ1) is 15.4. The second-order valence-corrected chi connectivity index (χ2v) is 7.67. The van der Waals surface area contributed by atoms with E-state index in [1.807, 2.05) is 11.8 Å². The Morgan fingerprint density at radius 3 is 2.38 bits per heavy atom. The van der Waals surface area contributed by atoms with Gasteiger partial charge in [0, 0.05) is 23.0 Å². The van der Waals surface area contributed by atoms with Crippen LogP contribution < -0.4 is 5.32 Å². The summed E-state index contributed by atoms with van der Waals surface area (Å²) in [5.74, 6) is 0.867. The fourth-order valence-corrected chi connectivity index (χ4v) is 4.45. The Hall–Kier alpha value is -0.510. The number of nitrogens with zero attached hydrogens (tertiary/aromatic N) is 1. The van der Waals surface area contributed by atoms with Gasteiger partial charge < -0.3 is 10.2 Å². The van der Waals surface area contributed by atoms with Crippen LogP contribution in [0.1, 0.15) is 44.2 Å². The quantitative estimate of drug-likeness (QED) is 0.830. The fraction of sp³-hybridized carbons (Fsp3) is 0.667. The molecule has 116 valence electrons. The zero-order valence-corrected chi connectivity index (χ0v) is 14.3. The highest BCUT2D eigenvalue weighted by Gasteiger charge is 2.38. The largest absolute Gasteiger partial charge is 0.310 e. The van der Waals surface area contributed by atoms with Gasteiger partial charge in [-0.25, -0.2) is 0 Å². The molecule has 3 heteroatoms. The summed E-state index contributed by atoms with van der Waals surface area (Å²) in [5.41, 5.74) is 1.41. The van der Waals surface area contributed by atoms with Gasteiger partial charge in [0.1, 0.15) is 0 Å². The van der Waals surface area contributed by atoms with E-state index < -0.39 is 0 Å². The molecule has 2 bridgehead atoms. The molecule has 2 aliphatic rings. The molecule has 0 aliphatic carbocycles. The van der Waals surface area contributed by atoms with Crippen LogP contribution in [0.25, 0.3) is 0 Å². The number of nitrogens with one attached hydrogen (secondary N) is 1. The molecule has 1 aromatic carbocycles. The normalized spacial score (nSPS) is 30.5. The minimum absolute atomic E-state index is 0.457. The molecule has 1 N–H and O–H groups in total. The van der Waals surface area contributed by atoms with Gasteiger partial charge in [-0.2, -0.15) is 0 Å². The SMILES string of the molecule is CSc1ccc(C(C)NCC2CC3CCC(C2)N3C)cc1. The molecule has 21 heavy (non-hydrogen) atoms. The Balaban J connectivity index is 1.50. The monoisotopic (exact) mass is 304 g/mol. The average molecular weight is 305 g/mol. The van der Waals surface area contributed by atoms with Gasteiger partial charge in [-0.3, -0.25) is 0 Å². The summed E-state index contributed by atoms with van der Waals surface area (Å²) in [6.45, 7) is 3.46. The zero-order chi connectivity index (χ0) is 14.8. The van der Waals surface area contributed by atoms with Crippen LogP contribution in [0.15, 0.2) is 29.2 Å². The van der Waals surface area contributed by atoms with Crippen LogP contribution in [0.4, 0.5) is 0 Å². The van der Waals surface area contributed by atoms with Gasteiger partial charge in [0.05, 0.1) is 0 Å². The summed E-state index contributed by atoms with van der Waals surface area (Å²) in [5, 5.41) is 3.76. The van der Waals surface area contributed by atoms with Crippen LogP contribution in [0.2, 0.25) is 0 Å². The van der Waals surface area contributed by atoms with Gasteiger partial charge in [0.15, 0.2) is 0 Å². The van der Waals surface area contributed by atoms with Crippen LogP contribution in [-0.4, -0.2) is 36.8 Å². The van der Waals surface area contributed by atoms with Crippen molar-refractivity contribution < 1.29 is 0 Å². The van der Waals surface area contributed by atoms with Gasteiger partial charge in [-0.15, -0.1) is 11.8 Å². The van der Waals surface area contributed by atoms with E-state index in [0.29, 0.717) is 6.04 Å². The van der Waals surface area contributed by atoms with Crippen molar-refractivity contribution >= 4 is 11.8 Å². The van der Waals surface area contributed by atoms with Gasteiger partial charge in [-0.1, -0.05) is 12.1 Å². The average Bonchev–Trinajstić information content (AvgIpc) is 2.75. The topological polar surface area (TPSA) is 15.3 Å². The lowest BCUT2D eigenvalue weighted by molar-refractivity contribution is 0.131. The minimum Gasteiger partial charge on any atom is -0.310 e. The van der Waals surface area contributed by atoms with Crippen LogP contribution in [-0.2, 0) is 0 Å². The molecule has 3 unspecified atom stereocenters. The highest BCUT2D eigenvalue weighted by Crippen LogP contribution is 2.37. The lowest BCUT2D eigenvalue weighted by Crippen LogP contribution is -2.42. The molecule has 0 radical (unpaired) electrons. The van der Waals surface area contributed by atoms with E-state index >= 15 is 0 Å². The molecule has 1 aromatic rings. The number of rotatable bonds is 5. The van der Waals surface area contributed by atoms with E-state index in [0.717, 1.165) is 18.0 Å². The van der Waals surface area contributed by atoms with E-state index in [9.17, 15) is 0 Å². The number of fused-ring (bicyclic) bond motifs is 2. The summed E-state index contributed by atoms with van der Waals surface area (Å²) >= 11 is 1.81. The Morgan fingerprint density at radius 1 is 1.19 bits per heavy atom. The molecule has 2 heterocycles. The fourth-order valence-electron chi connectivity index (χ4n) is 4.04. The van der Waals surface area contributed by atoms with Crippen molar-refractivity contribution in [3.05, 3.63) is 29.8 Å². The van der Waals surface area contributed by atoms with Crippen molar-refractivity contribution in [1.82, 2.24) is 10.2 Å². The van der Waals surface area contributed by atoms with E-state index in [4.69, 9.17) is 0 Å². The molecule has 0 saturated carbocycles. The third-order valence-electron chi connectivity index (χ3n) is 5.52. The van der Waals surface area contributed by atoms with E-state index in [-0.39, 0.29) is 0 Å². The molecule has 3 rings (SSSR count). The zero-order valence-electron chi connectivity index (χ0n) is 13.5. The van der Waals surface area contributed by atoms with Crippen LogP contribution >= 0.6 is 11.8 Å². The molecule has 0 amide bonds. The first-order valence-electron chi connectivity index (χ1n) is 8.26. The van der Waals surface area contributed by atoms with Crippen LogP contribution in [0.3, 0.4) is 0 Å². The lowest BCUT2D eigenvalue weighted by atomic mass is 9.90.